The van der Waals surface area contributed by atoms with Gasteiger partial charge in [-0.15, -0.1) is 11.8 Å². The predicted molar refractivity (Wildman–Crippen MR) is 94.1 cm³/mol. The molecule has 0 aliphatic heterocycles. The summed E-state index contributed by atoms with van der Waals surface area (Å²) in [4.78, 5) is 1.32. The molecule has 1 N–H and O–H groups in total. The highest BCUT2D eigenvalue weighted by Gasteiger charge is 2.12. The van der Waals surface area contributed by atoms with Crippen molar-refractivity contribution in [2.75, 3.05) is 12.8 Å². The maximum Gasteiger partial charge on any atom is 0.0360 e. The molecule has 1 nitrogen and oxygen atoms in total. The molecular formula is C19H25NS. The Balaban J connectivity index is 2.18. The smallest absolute Gasteiger partial charge is 0.0360 e. The maximum atomic E-state index is 3.69. The van der Waals surface area contributed by atoms with Crippen LogP contribution in [0.1, 0.15) is 36.1 Å². The van der Waals surface area contributed by atoms with E-state index in [4.69, 9.17) is 0 Å². The van der Waals surface area contributed by atoms with Crippen molar-refractivity contribution >= 4 is 11.8 Å². The van der Waals surface area contributed by atoms with Crippen molar-refractivity contribution < 1.29 is 0 Å². The van der Waals surface area contributed by atoms with Crippen LogP contribution in [-0.2, 0) is 6.42 Å². The van der Waals surface area contributed by atoms with Gasteiger partial charge >= 0.3 is 0 Å². The minimum Gasteiger partial charge on any atom is -0.310 e. The summed E-state index contributed by atoms with van der Waals surface area (Å²) in [6.07, 6.45) is 4.33. The van der Waals surface area contributed by atoms with Crippen molar-refractivity contribution in [3.63, 3.8) is 0 Å². The predicted octanol–water partition coefficient (Wildman–Crippen LogP) is 5.00. The Morgan fingerprint density at radius 1 is 1.05 bits per heavy atom. The van der Waals surface area contributed by atoms with Gasteiger partial charge in [0.1, 0.15) is 0 Å². The highest BCUT2D eigenvalue weighted by Crippen LogP contribution is 2.23. The summed E-state index contributed by atoms with van der Waals surface area (Å²) in [5.74, 6) is 0. The van der Waals surface area contributed by atoms with Crippen LogP contribution in [0.25, 0.3) is 0 Å². The van der Waals surface area contributed by atoms with Gasteiger partial charge in [-0.25, -0.2) is 0 Å². The lowest BCUT2D eigenvalue weighted by molar-refractivity contribution is 0.528. The molecule has 0 bridgehead atoms. The standard InChI is InChI=1S/C19H25NS/c1-4-13-20-19(14-17-8-6-5-7-15(17)2)16-9-11-18(21-3)12-10-16/h5-12,19-20H,4,13-14H2,1-3H3. The first kappa shape index (κ1) is 16.1. The topological polar surface area (TPSA) is 12.0 Å². The van der Waals surface area contributed by atoms with Gasteiger partial charge in [0.25, 0.3) is 0 Å². The van der Waals surface area contributed by atoms with Crippen LogP contribution in [0.2, 0.25) is 0 Å². The number of benzene rings is 2. The van der Waals surface area contributed by atoms with Crippen molar-refractivity contribution in [2.45, 2.75) is 37.6 Å². The summed E-state index contributed by atoms with van der Waals surface area (Å²) in [5, 5.41) is 3.69. The van der Waals surface area contributed by atoms with E-state index in [2.05, 4.69) is 74.0 Å². The molecule has 0 amide bonds. The van der Waals surface area contributed by atoms with Crippen LogP contribution < -0.4 is 5.32 Å². The van der Waals surface area contributed by atoms with Crippen LogP contribution in [-0.4, -0.2) is 12.8 Å². The van der Waals surface area contributed by atoms with Crippen molar-refractivity contribution in [3.05, 3.63) is 65.2 Å². The summed E-state index contributed by atoms with van der Waals surface area (Å²) >= 11 is 1.79. The first-order valence-corrected chi connectivity index (χ1v) is 8.89. The highest BCUT2D eigenvalue weighted by molar-refractivity contribution is 7.98. The molecule has 0 spiro atoms. The van der Waals surface area contributed by atoms with Crippen LogP contribution in [0.4, 0.5) is 0 Å². The molecule has 0 fully saturated rings. The SMILES string of the molecule is CCCNC(Cc1ccccc1C)c1ccc(SC)cc1. The third-order valence-electron chi connectivity index (χ3n) is 3.84. The Hall–Kier alpha value is -1.25. The summed E-state index contributed by atoms with van der Waals surface area (Å²) in [6.45, 7) is 5.47. The fourth-order valence-electron chi connectivity index (χ4n) is 2.52. The number of thioether (sulfide) groups is 1. The normalized spacial score (nSPS) is 12.3. The average molecular weight is 299 g/mol. The second-order valence-corrected chi connectivity index (χ2v) is 6.29. The third-order valence-corrected chi connectivity index (χ3v) is 4.59. The second kappa shape index (κ2) is 8.26. The van der Waals surface area contributed by atoms with E-state index in [1.807, 2.05) is 0 Å². The minimum absolute atomic E-state index is 0.391. The van der Waals surface area contributed by atoms with E-state index in [0.29, 0.717) is 6.04 Å². The van der Waals surface area contributed by atoms with E-state index in [1.54, 1.807) is 11.8 Å². The Labute approximate surface area is 133 Å². The van der Waals surface area contributed by atoms with Crippen LogP contribution >= 0.6 is 11.8 Å². The molecule has 1 atom stereocenters. The zero-order valence-electron chi connectivity index (χ0n) is 13.2. The molecule has 2 rings (SSSR count). The average Bonchev–Trinajstić information content (AvgIpc) is 2.53. The molecule has 2 heteroatoms. The number of hydrogen-bond acceptors (Lipinski definition) is 2. The van der Waals surface area contributed by atoms with Gasteiger partial charge in [0.2, 0.25) is 0 Å². The molecule has 0 aliphatic rings. The Kier molecular flexibility index (Phi) is 6.34. The largest absolute Gasteiger partial charge is 0.310 e. The molecule has 0 saturated carbocycles. The first-order chi connectivity index (χ1) is 10.2. The highest BCUT2D eigenvalue weighted by atomic mass is 32.2. The van der Waals surface area contributed by atoms with Crippen LogP contribution in [0.3, 0.4) is 0 Å². The van der Waals surface area contributed by atoms with Crippen molar-refractivity contribution in [1.82, 2.24) is 5.32 Å². The van der Waals surface area contributed by atoms with Gasteiger partial charge in [-0.1, -0.05) is 43.3 Å². The molecule has 2 aromatic rings. The molecule has 0 aliphatic carbocycles. The van der Waals surface area contributed by atoms with Gasteiger partial charge in [0.05, 0.1) is 0 Å². The molecule has 1 unspecified atom stereocenters. The zero-order chi connectivity index (χ0) is 15.1. The molecule has 21 heavy (non-hydrogen) atoms. The van der Waals surface area contributed by atoms with Crippen molar-refractivity contribution in [1.29, 1.82) is 0 Å². The van der Waals surface area contributed by atoms with Gasteiger partial charge < -0.3 is 5.32 Å². The Morgan fingerprint density at radius 3 is 2.38 bits per heavy atom. The van der Waals surface area contributed by atoms with E-state index in [9.17, 15) is 0 Å². The fraction of sp³-hybridized carbons (Fsp3) is 0.368. The lowest BCUT2D eigenvalue weighted by atomic mass is 9.96. The van der Waals surface area contributed by atoms with E-state index in [0.717, 1.165) is 19.4 Å². The van der Waals surface area contributed by atoms with Gasteiger partial charge in [0.15, 0.2) is 0 Å². The Morgan fingerprint density at radius 2 is 1.76 bits per heavy atom. The van der Waals surface area contributed by atoms with E-state index in [1.165, 1.54) is 21.6 Å². The molecule has 0 aromatic heterocycles. The molecule has 0 radical (unpaired) electrons. The molecule has 2 aromatic carbocycles. The quantitative estimate of drug-likeness (QED) is 0.722. The summed E-state index contributed by atoms with van der Waals surface area (Å²) < 4.78 is 0. The van der Waals surface area contributed by atoms with E-state index < -0.39 is 0 Å². The lowest BCUT2D eigenvalue weighted by Gasteiger charge is -2.20. The van der Waals surface area contributed by atoms with Gasteiger partial charge in [-0.05, 0) is 61.4 Å². The lowest BCUT2D eigenvalue weighted by Crippen LogP contribution is -2.24. The second-order valence-electron chi connectivity index (χ2n) is 5.41. The molecule has 112 valence electrons. The number of hydrogen-bond donors (Lipinski definition) is 1. The summed E-state index contributed by atoms with van der Waals surface area (Å²) in [5.41, 5.74) is 4.19. The number of aryl methyl sites for hydroxylation is 1. The van der Waals surface area contributed by atoms with Crippen LogP contribution in [0.15, 0.2) is 53.4 Å². The number of nitrogens with one attached hydrogen (secondary N) is 1. The molecule has 0 saturated heterocycles. The molecule has 0 heterocycles. The van der Waals surface area contributed by atoms with Gasteiger partial charge in [-0.2, -0.15) is 0 Å². The van der Waals surface area contributed by atoms with Crippen molar-refractivity contribution in [2.24, 2.45) is 0 Å². The van der Waals surface area contributed by atoms with E-state index >= 15 is 0 Å². The van der Waals surface area contributed by atoms with Gasteiger partial charge in [0, 0.05) is 10.9 Å². The van der Waals surface area contributed by atoms with Crippen molar-refractivity contribution in [3.8, 4) is 0 Å². The molecular weight excluding hydrogens is 274 g/mol. The van der Waals surface area contributed by atoms with Crippen LogP contribution in [0, 0.1) is 6.92 Å². The fourth-order valence-corrected chi connectivity index (χ4v) is 2.93. The van der Waals surface area contributed by atoms with Crippen LogP contribution in [0.5, 0.6) is 0 Å². The summed E-state index contributed by atoms with van der Waals surface area (Å²) in [6, 6.07) is 18.0. The number of rotatable bonds is 7. The van der Waals surface area contributed by atoms with Gasteiger partial charge in [-0.3, -0.25) is 0 Å². The maximum absolute atomic E-state index is 3.69. The van der Waals surface area contributed by atoms with E-state index in [-0.39, 0.29) is 0 Å². The minimum atomic E-state index is 0.391. The Bertz CT molecular complexity index is 548. The third kappa shape index (κ3) is 4.62. The zero-order valence-corrected chi connectivity index (χ0v) is 14.0. The first-order valence-electron chi connectivity index (χ1n) is 7.66. The monoisotopic (exact) mass is 299 g/mol. The summed E-state index contributed by atoms with van der Waals surface area (Å²) in [7, 11) is 0.